The van der Waals surface area contributed by atoms with Gasteiger partial charge in [-0.3, -0.25) is 14.7 Å². The fourth-order valence-corrected chi connectivity index (χ4v) is 1.99. The van der Waals surface area contributed by atoms with Crippen molar-refractivity contribution >= 4 is 16.8 Å². The average Bonchev–Trinajstić information content (AvgIpc) is 2.99. The Kier molecular flexibility index (Phi) is 3.04. The van der Waals surface area contributed by atoms with Crippen molar-refractivity contribution in [1.82, 2.24) is 20.5 Å². The van der Waals surface area contributed by atoms with Crippen LogP contribution in [0.1, 0.15) is 15.9 Å². The number of nitrogens with one attached hydrogen (secondary N) is 3. The smallest absolute Gasteiger partial charge is 0.257 e. The van der Waals surface area contributed by atoms with Gasteiger partial charge in [0.15, 0.2) is 0 Å². The number of benzene rings is 1. The minimum atomic E-state index is -0.404. The lowest BCUT2D eigenvalue weighted by molar-refractivity contribution is 0.0949. The molecule has 0 saturated heterocycles. The van der Waals surface area contributed by atoms with E-state index >= 15 is 0 Å². The van der Waals surface area contributed by atoms with Crippen LogP contribution in [0.25, 0.3) is 10.9 Å². The molecule has 1 aromatic carbocycles. The molecule has 100 valence electrons. The van der Waals surface area contributed by atoms with Gasteiger partial charge in [-0.1, -0.05) is 12.1 Å². The summed E-state index contributed by atoms with van der Waals surface area (Å²) in [4.78, 5) is 27.2. The Morgan fingerprint density at radius 1 is 1.25 bits per heavy atom. The van der Waals surface area contributed by atoms with E-state index in [1.54, 1.807) is 30.6 Å². The van der Waals surface area contributed by atoms with E-state index in [2.05, 4.69) is 20.5 Å². The number of para-hydroxylation sites is 1. The second-order valence-electron chi connectivity index (χ2n) is 4.37. The van der Waals surface area contributed by atoms with Crippen LogP contribution in [0.15, 0.2) is 47.7 Å². The Morgan fingerprint density at radius 3 is 2.90 bits per heavy atom. The molecule has 3 rings (SSSR count). The van der Waals surface area contributed by atoms with Crippen molar-refractivity contribution in [2.24, 2.45) is 0 Å². The van der Waals surface area contributed by atoms with Crippen LogP contribution >= 0.6 is 0 Å². The molecule has 0 unspecified atom stereocenters. The van der Waals surface area contributed by atoms with Crippen molar-refractivity contribution in [2.45, 2.75) is 6.54 Å². The monoisotopic (exact) mass is 268 g/mol. The van der Waals surface area contributed by atoms with E-state index in [9.17, 15) is 9.59 Å². The fraction of sp³-hybridized carbons (Fsp3) is 0.0714. The van der Waals surface area contributed by atoms with E-state index < -0.39 is 5.91 Å². The van der Waals surface area contributed by atoms with Crippen LogP contribution in [0, 0.1) is 0 Å². The largest absolute Gasteiger partial charge is 0.360 e. The van der Waals surface area contributed by atoms with E-state index in [1.165, 1.54) is 6.20 Å². The molecule has 0 bridgehead atoms. The molecule has 3 aromatic rings. The van der Waals surface area contributed by atoms with Crippen molar-refractivity contribution in [3.8, 4) is 0 Å². The van der Waals surface area contributed by atoms with Gasteiger partial charge in [-0.2, -0.15) is 5.10 Å². The fourth-order valence-electron chi connectivity index (χ4n) is 1.99. The van der Waals surface area contributed by atoms with Gasteiger partial charge in [0.25, 0.3) is 5.91 Å². The zero-order valence-corrected chi connectivity index (χ0v) is 10.5. The number of amides is 1. The lowest BCUT2D eigenvalue weighted by atomic mass is 10.1. The highest BCUT2D eigenvalue weighted by Crippen LogP contribution is 2.07. The lowest BCUT2D eigenvalue weighted by Crippen LogP contribution is -2.28. The minimum absolute atomic E-state index is 0.104. The number of H-pyrrole nitrogens is 2. The summed E-state index contributed by atoms with van der Waals surface area (Å²) >= 11 is 0. The summed E-state index contributed by atoms with van der Waals surface area (Å²) in [6.07, 6.45) is 4.74. The molecule has 1 amide bonds. The molecular weight excluding hydrogens is 256 g/mol. The molecule has 2 heterocycles. The number of carbonyl (C=O) groups is 1. The number of hydrogen-bond donors (Lipinski definition) is 3. The third-order valence-corrected chi connectivity index (χ3v) is 3.04. The number of rotatable bonds is 3. The molecular formula is C14H12N4O2. The number of aromatic amines is 2. The van der Waals surface area contributed by atoms with Crippen molar-refractivity contribution in [1.29, 1.82) is 0 Å². The molecule has 0 aliphatic rings. The van der Waals surface area contributed by atoms with Gasteiger partial charge in [0, 0.05) is 35.4 Å². The van der Waals surface area contributed by atoms with Crippen LogP contribution in [0.4, 0.5) is 0 Å². The van der Waals surface area contributed by atoms with Crippen LogP contribution in [0.5, 0.6) is 0 Å². The third kappa shape index (κ3) is 2.18. The molecule has 6 heteroatoms. The summed E-state index contributed by atoms with van der Waals surface area (Å²) < 4.78 is 0. The molecule has 0 atom stereocenters. The summed E-state index contributed by atoms with van der Waals surface area (Å²) in [5.41, 5.74) is 1.38. The predicted molar refractivity (Wildman–Crippen MR) is 74.3 cm³/mol. The Labute approximate surface area is 113 Å². The van der Waals surface area contributed by atoms with E-state index in [0.717, 1.165) is 5.56 Å². The second kappa shape index (κ2) is 5.00. The Bertz CT molecular complexity index is 805. The summed E-state index contributed by atoms with van der Waals surface area (Å²) in [5.74, 6) is -0.404. The van der Waals surface area contributed by atoms with E-state index in [0.29, 0.717) is 17.4 Å². The SMILES string of the molecule is O=C(NCc1cn[nH]c1)c1c[nH]c2ccccc2c1=O. The molecule has 2 aromatic heterocycles. The first-order valence-corrected chi connectivity index (χ1v) is 6.12. The highest BCUT2D eigenvalue weighted by atomic mass is 16.2. The maximum Gasteiger partial charge on any atom is 0.257 e. The molecule has 6 nitrogen and oxygen atoms in total. The molecule has 0 spiro atoms. The van der Waals surface area contributed by atoms with Crippen LogP contribution in [-0.2, 0) is 6.54 Å². The van der Waals surface area contributed by atoms with Gasteiger partial charge in [-0.05, 0) is 12.1 Å². The van der Waals surface area contributed by atoms with Crippen molar-refractivity contribution in [2.75, 3.05) is 0 Å². The minimum Gasteiger partial charge on any atom is -0.360 e. The first-order valence-electron chi connectivity index (χ1n) is 6.12. The quantitative estimate of drug-likeness (QED) is 0.666. The van der Waals surface area contributed by atoms with E-state index in [-0.39, 0.29) is 11.0 Å². The Hall–Kier alpha value is -2.89. The first kappa shape index (κ1) is 12.2. The summed E-state index contributed by atoms with van der Waals surface area (Å²) in [6.45, 7) is 0.321. The zero-order chi connectivity index (χ0) is 13.9. The van der Waals surface area contributed by atoms with Crippen LogP contribution in [0.2, 0.25) is 0 Å². The molecule has 0 saturated carbocycles. The maximum atomic E-state index is 12.2. The van der Waals surface area contributed by atoms with Crippen molar-refractivity contribution < 1.29 is 4.79 Å². The third-order valence-electron chi connectivity index (χ3n) is 3.04. The second-order valence-corrected chi connectivity index (χ2v) is 4.37. The van der Waals surface area contributed by atoms with E-state index in [1.807, 2.05) is 6.07 Å². The van der Waals surface area contributed by atoms with Gasteiger partial charge < -0.3 is 10.3 Å². The van der Waals surface area contributed by atoms with Gasteiger partial charge in [0.05, 0.1) is 6.20 Å². The lowest BCUT2D eigenvalue weighted by Gasteiger charge is -2.04. The van der Waals surface area contributed by atoms with Gasteiger partial charge in [-0.15, -0.1) is 0 Å². The Balaban J connectivity index is 1.88. The van der Waals surface area contributed by atoms with Crippen molar-refractivity contribution in [3.63, 3.8) is 0 Å². The summed E-state index contributed by atoms with van der Waals surface area (Å²) in [7, 11) is 0. The topological polar surface area (TPSA) is 90.6 Å². The number of pyridine rings is 1. The molecule has 0 aliphatic heterocycles. The number of nitrogens with zero attached hydrogens (tertiary/aromatic N) is 1. The normalized spacial score (nSPS) is 10.6. The van der Waals surface area contributed by atoms with Crippen molar-refractivity contribution in [3.05, 3.63) is 64.2 Å². The van der Waals surface area contributed by atoms with E-state index in [4.69, 9.17) is 0 Å². The predicted octanol–water partition coefficient (Wildman–Crippen LogP) is 1.18. The number of fused-ring (bicyclic) bond motifs is 1. The highest BCUT2D eigenvalue weighted by Gasteiger charge is 2.12. The molecule has 0 aliphatic carbocycles. The Morgan fingerprint density at radius 2 is 2.10 bits per heavy atom. The van der Waals surface area contributed by atoms with Crippen LogP contribution < -0.4 is 10.7 Å². The summed E-state index contributed by atoms with van der Waals surface area (Å²) in [6, 6.07) is 7.09. The van der Waals surface area contributed by atoms with Crippen LogP contribution in [-0.4, -0.2) is 21.1 Å². The highest BCUT2D eigenvalue weighted by molar-refractivity contribution is 5.97. The van der Waals surface area contributed by atoms with Gasteiger partial charge >= 0.3 is 0 Å². The average molecular weight is 268 g/mol. The summed E-state index contributed by atoms with van der Waals surface area (Å²) in [5, 5.41) is 9.64. The molecule has 20 heavy (non-hydrogen) atoms. The first-order chi connectivity index (χ1) is 9.75. The molecule has 0 radical (unpaired) electrons. The number of hydrogen-bond acceptors (Lipinski definition) is 3. The standard InChI is InChI=1S/C14H12N4O2/c19-13-10-3-1-2-4-12(10)15-8-11(13)14(20)16-5-9-6-17-18-7-9/h1-4,6-8H,5H2,(H,15,19)(H,16,20)(H,17,18). The number of carbonyl (C=O) groups excluding carboxylic acids is 1. The zero-order valence-electron chi connectivity index (χ0n) is 10.5. The molecule has 0 fully saturated rings. The van der Waals surface area contributed by atoms with Crippen LogP contribution in [0.3, 0.4) is 0 Å². The number of aromatic nitrogens is 3. The van der Waals surface area contributed by atoms with Gasteiger partial charge in [-0.25, -0.2) is 0 Å². The van der Waals surface area contributed by atoms with Gasteiger partial charge in [0.1, 0.15) is 5.56 Å². The molecule has 3 N–H and O–H groups in total. The maximum absolute atomic E-state index is 12.2. The van der Waals surface area contributed by atoms with Gasteiger partial charge in [0.2, 0.25) is 5.43 Å².